The minimum Gasteiger partial charge on any atom is -0.472 e. The third-order valence-corrected chi connectivity index (χ3v) is 3.06. The SMILES string of the molecule is c1ccn(-c2cnn(Cc3noc(-c4ccoc4)n3)c2)c1. The highest BCUT2D eigenvalue weighted by atomic mass is 16.5. The van der Waals surface area contributed by atoms with E-state index in [2.05, 4.69) is 15.2 Å². The van der Waals surface area contributed by atoms with E-state index >= 15 is 0 Å². The molecule has 0 N–H and O–H groups in total. The monoisotopic (exact) mass is 281 g/mol. The Morgan fingerprint density at radius 3 is 2.90 bits per heavy atom. The van der Waals surface area contributed by atoms with Crippen molar-refractivity contribution in [3.63, 3.8) is 0 Å². The molecule has 0 atom stereocenters. The molecule has 0 amide bonds. The molecular formula is C14H11N5O2. The summed E-state index contributed by atoms with van der Waals surface area (Å²) in [6.07, 6.45) is 10.8. The molecule has 0 saturated heterocycles. The molecule has 0 spiro atoms. The van der Waals surface area contributed by atoms with Crippen molar-refractivity contribution in [3.8, 4) is 17.1 Å². The average Bonchev–Trinajstić information content (AvgIpc) is 3.28. The predicted molar refractivity (Wildman–Crippen MR) is 72.7 cm³/mol. The van der Waals surface area contributed by atoms with Gasteiger partial charge in [-0.2, -0.15) is 10.1 Å². The molecule has 21 heavy (non-hydrogen) atoms. The summed E-state index contributed by atoms with van der Waals surface area (Å²) >= 11 is 0. The van der Waals surface area contributed by atoms with Gasteiger partial charge in [0.1, 0.15) is 12.8 Å². The van der Waals surface area contributed by atoms with Crippen molar-refractivity contribution in [2.45, 2.75) is 6.54 Å². The smallest absolute Gasteiger partial charge is 0.261 e. The van der Waals surface area contributed by atoms with E-state index in [1.54, 1.807) is 29.5 Å². The summed E-state index contributed by atoms with van der Waals surface area (Å²) < 4.78 is 13.9. The van der Waals surface area contributed by atoms with Crippen LogP contribution < -0.4 is 0 Å². The molecule has 0 unspecified atom stereocenters. The zero-order valence-corrected chi connectivity index (χ0v) is 11.0. The molecule has 4 rings (SSSR count). The van der Waals surface area contributed by atoms with E-state index in [0.29, 0.717) is 18.3 Å². The molecule has 104 valence electrons. The van der Waals surface area contributed by atoms with E-state index in [-0.39, 0.29) is 0 Å². The lowest BCUT2D eigenvalue weighted by Gasteiger charge is -1.96. The second-order valence-electron chi connectivity index (χ2n) is 4.51. The van der Waals surface area contributed by atoms with Crippen molar-refractivity contribution >= 4 is 0 Å². The van der Waals surface area contributed by atoms with Gasteiger partial charge in [-0.25, -0.2) is 0 Å². The number of hydrogen-bond acceptors (Lipinski definition) is 5. The first-order valence-electron chi connectivity index (χ1n) is 6.39. The van der Waals surface area contributed by atoms with Gasteiger partial charge in [0.2, 0.25) is 0 Å². The molecule has 0 fully saturated rings. The number of furan rings is 1. The minimum atomic E-state index is 0.441. The van der Waals surface area contributed by atoms with Crippen LogP contribution >= 0.6 is 0 Å². The van der Waals surface area contributed by atoms with Crippen molar-refractivity contribution in [2.75, 3.05) is 0 Å². The van der Waals surface area contributed by atoms with Gasteiger partial charge in [-0.1, -0.05) is 5.16 Å². The summed E-state index contributed by atoms with van der Waals surface area (Å²) in [6, 6.07) is 5.71. The molecule has 4 heterocycles. The highest BCUT2D eigenvalue weighted by Crippen LogP contribution is 2.17. The van der Waals surface area contributed by atoms with Crippen LogP contribution in [0.1, 0.15) is 5.82 Å². The zero-order chi connectivity index (χ0) is 14.1. The molecule has 0 aliphatic heterocycles. The Kier molecular flexibility index (Phi) is 2.67. The number of aromatic nitrogens is 5. The number of rotatable bonds is 4. The summed E-state index contributed by atoms with van der Waals surface area (Å²) in [4.78, 5) is 4.31. The molecule has 0 aromatic carbocycles. The van der Waals surface area contributed by atoms with E-state index in [4.69, 9.17) is 8.94 Å². The van der Waals surface area contributed by atoms with Crippen molar-refractivity contribution in [1.29, 1.82) is 0 Å². The van der Waals surface area contributed by atoms with Gasteiger partial charge >= 0.3 is 0 Å². The molecule has 7 heteroatoms. The average molecular weight is 281 g/mol. The standard InChI is InChI=1S/C14H11N5O2/c1-2-5-18(4-1)12-7-15-19(8-12)9-13-16-14(21-17-13)11-3-6-20-10-11/h1-8,10H,9H2. The van der Waals surface area contributed by atoms with Gasteiger partial charge in [-0.15, -0.1) is 0 Å². The second kappa shape index (κ2) is 4.78. The van der Waals surface area contributed by atoms with Crippen molar-refractivity contribution < 1.29 is 8.94 Å². The van der Waals surface area contributed by atoms with Crippen LogP contribution in [0.15, 0.2) is 64.5 Å². The number of nitrogens with zero attached hydrogens (tertiary/aromatic N) is 5. The van der Waals surface area contributed by atoms with E-state index in [9.17, 15) is 0 Å². The number of hydrogen-bond donors (Lipinski definition) is 0. The summed E-state index contributed by atoms with van der Waals surface area (Å²) in [7, 11) is 0. The predicted octanol–water partition coefficient (Wildman–Crippen LogP) is 2.37. The van der Waals surface area contributed by atoms with E-state index in [0.717, 1.165) is 11.3 Å². The van der Waals surface area contributed by atoms with Gasteiger partial charge in [0.05, 0.1) is 23.7 Å². The van der Waals surface area contributed by atoms with Crippen LogP contribution in [0, 0.1) is 0 Å². The van der Waals surface area contributed by atoms with Crippen LogP contribution in [-0.2, 0) is 6.54 Å². The van der Waals surface area contributed by atoms with Gasteiger partial charge in [0, 0.05) is 18.6 Å². The first-order valence-corrected chi connectivity index (χ1v) is 6.39. The first kappa shape index (κ1) is 11.7. The summed E-state index contributed by atoms with van der Waals surface area (Å²) in [5.41, 5.74) is 1.75. The summed E-state index contributed by atoms with van der Waals surface area (Å²) in [5.74, 6) is 1.00. The van der Waals surface area contributed by atoms with Gasteiger partial charge in [-0.05, 0) is 18.2 Å². The fourth-order valence-corrected chi connectivity index (χ4v) is 2.05. The van der Waals surface area contributed by atoms with Gasteiger partial charge < -0.3 is 13.5 Å². The Morgan fingerprint density at radius 1 is 1.19 bits per heavy atom. The topological polar surface area (TPSA) is 74.8 Å². The van der Waals surface area contributed by atoms with Crippen LogP contribution in [0.2, 0.25) is 0 Å². The van der Waals surface area contributed by atoms with E-state index in [1.165, 1.54) is 0 Å². The fourth-order valence-electron chi connectivity index (χ4n) is 2.05. The van der Waals surface area contributed by atoms with Gasteiger partial charge in [0.15, 0.2) is 5.82 Å². The lowest BCUT2D eigenvalue weighted by atomic mass is 10.3. The van der Waals surface area contributed by atoms with Crippen molar-refractivity contribution in [2.24, 2.45) is 0 Å². The third-order valence-electron chi connectivity index (χ3n) is 3.06. The molecular weight excluding hydrogens is 270 g/mol. The Balaban J connectivity index is 1.54. The van der Waals surface area contributed by atoms with Crippen molar-refractivity contribution in [1.82, 2.24) is 24.5 Å². The maximum atomic E-state index is 5.19. The lowest BCUT2D eigenvalue weighted by Crippen LogP contribution is -2.01. The van der Waals surface area contributed by atoms with Gasteiger partial charge in [0.25, 0.3) is 5.89 Å². The zero-order valence-electron chi connectivity index (χ0n) is 11.0. The Morgan fingerprint density at radius 2 is 2.10 bits per heavy atom. The Labute approximate surface area is 119 Å². The fraction of sp³-hybridized carbons (Fsp3) is 0.0714. The molecule has 0 bridgehead atoms. The van der Waals surface area contributed by atoms with Crippen LogP contribution in [-0.4, -0.2) is 24.5 Å². The highest BCUT2D eigenvalue weighted by Gasteiger charge is 2.11. The Bertz CT molecular complexity index is 756. The third kappa shape index (κ3) is 2.25. The van der Waals surface area contributed by atoms with Crippen molar-refractivity contribution in [3.05, 3.63) is 61.3 Å². The second-order valence-corrected chi connectivity index (χ2v) is 4.51. The lowest BCUT2D eigenvalue weighted by molar-refractivity contribution is 0.418. The largest absolute Gasteiger partial charge is 0.472 e. The van der Waals surface area contributed by atoms with Crippen LogP contribution in [0.25, 0.3) is 17.1 Å². The Hall–Kier alpha value is -3.09. The molecule has 4 aromatic rings. The summed E-state index contributed by atoms with van der Waals surface area (Å²) in [5, 5.41) is 8.24. The quantitative estimate of drug-likeness (QED) is 0.574. The molecule has 0 aliphatic carbocycles. The van der Waals surface area contributed by atoms with Gasteiger partial charge in [-0.3, -0.25) is 4.68 Å². The molecule has 7 nitrogen and oxygen atoms in total. The van der Waals surface area contributed by atoms with Crippen LogP contribution in [0.4, 0.5) is 0 Å². The summed E-state index contributed by atoms with van der Waals surface area (Å²) in [6.45, 7) is 0.447. The molecule has 4 aromatic heterocycles. The highest BCUT2D eigenvalue weighted by molar-refractivity contribution is 5.49. The maximum absolute atomic E-state index is 5.19. The first-order chi connectivity index (χ1) is 10.4. The molecule has 0 aliphatic rings. The minimum absolute atomic E-state index is 0.441. The normalized spacial score (nSPS) is 11.0. The molecule has 0 saturated carbocycles. The van der Waals surface area contributed by atoms with Crippen LogP contribution in [0.5, 0.6) is 0 Å². The van der Waals surface area contributed by atoms with E-state index in [1.807, 2.05) is 35.3 Å². The van der Waals surface area contributed by atoms with Crippen LogP contribution in [0.3, 0.4) is 0 Å². The molecule has 0 radical (unpaired) electrons. The maximum Gasteiger partial charge on any atom is 0.261 e. The van der Waals surface area contributed by atoms with E-state index < -0.39 is 0 Å².